The van der Waals surface area contributed by atoms with Gasteiger partial charge in [-0.3, -0.25) is 4.79 Å². The second kappa shape index (κ2) is 7.60. The Bertz CT molecular complexity index is 590. The Balaban J connectivity index is 2.09. The van der Waals surface area contributed by atoms with E-state index in [1.54, 1.807) is 0 Å². The molecule has 1 amide bonds. The first kappa shape index (κ1) is 18.9. The Morgan fingerprint density at radius 1 is 1.42 bits per heavy atom. The van der Waals surface area contributed by atoms with Crippen molar-refractivity contribution in [2.24, 2.45) is 5.92 Å². The third-order valence-corrected chi connectivity index (χ3v) is 5.51. The summed E-state index contributed by atoms with van der Waals surface area (Å²) in [6.07, 6.45) is -3.59. The molecule has 5 nitrogen and oxygen atoms in total. The number of aromatic hydroxyl groups is 1. The van der Waals surface area contributed by atoms with Crippen LogP contribution in [0.3, 0.4) is 0 Å². The molecule has 1 atom stereocenters. The number of amides is 1. The topological polar surface area (TPSA) is 76.5 Å². The molecule has 2 heterocycles. The second-order valence-electron chi connectivity index (χ2n) is 5.69. The van der Waals surface area contributed by atoms with Gasteiger partial charge in [-0.25, -0.2) is 4.98 Å². The van der Waals surface area contributed by atoms with Gasteiger partial charge in [0.2, 0.25) is 5.88 Å². The molecular weight excluding hydrogens is 345 g/mol. The third kappa shape index (κ3) is 4.54. The summed E-state index contributed by atoms with van der Waals surface area (Å²) in [5.74, 6) is -0.167. The van der Waals surface area contributed by atoms with Crippen LogP contribution in [-0.2, 0) is 17.4 Å². The second-order valence-corrected chi connectivity index (χ2v) is 7.48. The van der Waals surface area contributed by atoms with Gasteiger partial charge in [0.25, 0.3) is 5.91 Å². The summed E-state index contributed by atoms with van der Waals surface area (Å²) in [5, 5.41) is 9.17. The lowest BCUT2D eigenvalue weighted by Gasteiger charge is -2.32. The molecule has 0 bridgehead atoms. The highest BCUT2D eigenvalue weighted by atomic mass is 32.2. The number of rotatable bonds is 4. The van der Waals surface area contributed by atoms with Crippen LogP contribution in [0.15, 0.2) is 12.1 Å². The van der Waals surface area contributed by atoms with E-state index in [4.69, 9.17) is 0 Å². The summed E-state index contributed by atoms with van der Waals surface area (Å²) >= 11 is -0.891. The van der Waals surface area contributed by atoms with Crippen molar-refractivity contribution in [1.29, 1.82) is 0 Å². The van der Waals surface area contributed by atoms with E-state index in [0.717, 1.165) is 12.1 Å². The van der Waals surface area contributed by atoms with Gasteiger partial charge in [-0.15, -0.1) is 0 Å². The van der Waals surface area contributed by atoms with Crippen molar-refractivity contribution in [3.05, 3.63) is 23.4 Å². The maximum absolute atomic E-state index is 13.0. The number of carbonyl (C=O) groups is 1. The number of hydrogen-bond donors (Lipinski definition) is 1. The van der Waals surface area contributed by atoms with Gasteiger partial charge in [0, 0.05) is 25.1 Å². The molecule has 1 aliphatic rings. The Morgan fingerprint density at radius 3 is 2.58 bits per heavy atom. The highest BCUT2D eigenvalue weighted by molar-refractivity contribution is 7.91. The van der Waals surface area contributed by atoms with Crippen LogP contribution in [-0.4, -0.2) is 50.0 Å². The molecule has 0 spiro atoms. The van der Waals surface area contributed by atoms with Crippen LogP contribution < -0.4 is 0 Å². The first-order chi connectivity index (χ1) is 11.2. The van der Waals surface area contributed by atoms with Crippen molar-refractivity contribution < 1.29 is 27.6 Å². The summed E-state index contributed by atoms with van der Waals surface area (Å²) in [6.45, 7) is 2.48. The Kier molecular flexibility index (Phi) is 5.97. The number of halogens is 3. The molecule has 0 saturated carbocycles. The van der Waals surface area contributed by atoms with Gasteiger partial charge < -0.3 is 14.6 Å². The zero-order valence-electron chi connectivity index (χ0n) is 13.2. The smallest absolute Gasteiger partial charge is 0.434 e. The van der Waals surface area contributed by atoms with Crippen LogP contribution in [0, 0.1) is 5.92 Å². The van der Waals surface area contributed by atoms with Crippen LogP contribution >= 0.6 is 0 Å². The zero-order chi connectivity index (χ0) is 17.9. The lowest BCUT2D eigenvalue weighted by atomic mass is 9.98. The van der Waals surface area contributed by atoms with Gasteiger partial charge in [0.05, 0.1) is 5.56 Å². The molecule has 0 radical (unpaired) electrons. The number of nitrogens with zero attached hydrogens (tertiary/aromatic N) is 2. The number of hydrogen-bond acceptors (Lipinski definition) is 4. The molecule has 1 N–H and O–H groups in total. The van der Waals surface area contributed by atoms with E-state index >= 15 is 0 Å². The summed E-state index contributed by atoms with van der Waals surface area (Å²) < 4.78 is 50.6. The molecule has 1 aromatic rings. The molecule has 24 heavy (non-hydrogen) atoms. The normalized spacial score (nSPS) is 17.8. The largest absolute Gasteiger partial charge is 0.616 e. The first-order valence-electron chi connectivity index (χ1n) is 7.63. The number of aromatic nitrogens is 1. The van der Waals surface area contributed by atoms with Crippen molar-refractivity contribution in [1.82, 2.24) is 9.88 Å². The number of piperidine rings is 1. The molecule has 2 rings (SSSR count). The fourth-order valence-electron chi connectivity index (χ4n) is 2.69. The molecule has 1 saturated heterocycles. The Hall–Kier alpha value is -1.48. The Labute approximate surface area is 141 Å². The Morgan fingerprint density at radius 2 is 2.04 bits per heavy atom. The van der Waals surface area contributed by atoms with Crippen molar-refractivity contribution in [2.45, 2.75) is 25.9 Å². The standard InChI is InChI=1S/C15H19F3N2O3S/c1-2-24(23)9-10-5-7-20(8-6-10)14(22)11-3-4-12(21)19-13(11)15(16,17)18/h3-4,10H,2,5-9H2,1H3,(H,19,21). The van der Waals surface area contributed by atoms with E-state index in [2.05, 4.69) is 4.98 Å². The van der Waals surface area contributed by atoms with E-state index in [9.17, 15) is 27.6 Å². The monoisotopic (exact) mass is 364 g/mol. The molecule has 1 aromatic heterocycles. The van der Waals surface area contributed by atoms with Crippen LogP contribution in [0.5, 0.6) is 5.88 Å². The third-order valence-electron chi connectivity index (χ3n) is 4.02. The molecule has 0 aromatic carbocycles. The molecule has 9 heteroatoms. The zero-order valence-corrected chi connectivity index (χ0v) is 14.0. The minimum absolute atomic E-state index is 0.217. The van der Waals surface area contributed by atoms with Crippen molar-refractivity contribution in [2.75, 3.05) is 24.6 Å². The predicted octanol–water partition coefficient (Wildman–Crippen LogP) is 2.43. The molecular formula is C15H19F3N2O3S. The maximum atomic E-state index is 13.0. The van der Waals surface area contributed by atoms with Gasteiger partial charge in [0.15, 0.2) is 5.69 Å². The molecule has 0 aliphatic carbocycles. The average Bonchev–Trinajstić information content (AvgIpc) is 2.54. The summed E-state index contributed by atoms with van der Waals surface area (Å²) in [7, 11) is 0. The minimum atomic E-state index is -4.82. The van der Waals surface area contributed by atoms with Gasteiger partial charge in [-0.2, -0.15) is 13.2 Å². The molecule has 1 fully saturated rings. The highest BCUT2D eigenvalue weighted by Gasteiger charge is 2.39. The fraction of sp³-hybridized carbons (Fsp3) is 0.600. The van der Waals surface area contributed by atoms with Crippen molar-refractivity contribution in [3.8, 4) is 5.88 Å². The molecule has 1 aliphatic heterocycles. The number of alkyl halides is 3. The quantitative estimate of drug-likeness (QED) is 0.833. The fourth-order valence-corrected chi connectivity index (χ4v) is 3.79. The summed E-state index contributed by atoms with van der Waals surface area (Å²) in [5.41, 5.74) is -1.93. The van der Waals surface area contributed by atoms with E-state index < -0.39 is 40.4 Å². The maximum Gasteiger partial charge on any atom is 0.434 e. The first-order valence-corrected chi connectivity index (χ1v) is 9.12. The highest BCUT2D eigenvalue weighted by Crippen LogP contribution is 2.33. The minimum Gasteiger partial charge on any atom is -0.616 e. The van der Waals surface area contributed by atoms with Crippen LogP contribution in [0.2, 0.25) is 0 Å². The lowest BCUT2D eigenvalue weighted by Crippen LogP contribution is -2.40. The SMILES string of the molecule is CC[S+]([O-])CC1CCN(C(=O)c2ccc(O)nc2C(F)(F)F)CC1. The number of pyridine rings is 1. The number of likely N-dealkylation sites (tertiary alicyclic amines) is 1. The summed E-state index contributed by atoms with van der Waals surface area (Å²) in [4.78, 5) is 16.8. The van der Waals surface area contributed by atoms with Gasteiger partial charge in [-0.1, -0.05) is 11.2 Å². The van der Waals surface area contributed by atoms with Crippen molar-refractivity contribution >= 4 is 17.1 Å². The van der Waals surface area contributed by atoms with E-state index in [0.29, 0.717) is 37.4 Å². The van der Waals surface area contributed by atoms with E-state index in [1.807, 2.05) is 6.92 Å². The van der Waals surface area contributed by atoms with Crippen LogP contribution in [0.4, 0.5) is 13.2 Å². The molecule has 134 valence electrons. The van der Waals surface area contributed by atoms with Gasteiger partial charge in [0.1, 0.15) is 11.5 Å². The van der Waals surface area contributed by atoms with Crippen molar-refractivity contribution in [3.63, 3.8) is 0 Å². The number of carbonyl (C=O) groups excluding carboxylic acids is 1. The van der Waals surface area contributed by atoms with Crippen LogP contribution in [0.1, 0.15) is 35.8 Å². The van der Waals surface area contributed by atoms with Crippen LogP contribution in [0.25, 0.3) is 0 Å². The lowest BCUT2D eigenvalue weighted by molar-refractivity contribution is -0.141. The van der Waals surface area contributed by atoms with E-state index in [1.165, 1.54) is 4.90 Å². The van der Waals surface area contributed by atoms with Gasteiger partial charge in [-0.05, 0) is 25.8 Å². The van der Waals surface area contributed by atoms with Gasteiger partial charge >= 0.3 is 6.18 Å². The average molecular weight is 364 g/mol. The predicted molar refractivity (Wildman–Crippen MR) is 83.1 cm³/mol. The molecule has 1 unspecified atom stereocenters. The van der Waals surface area contributed by atoms with E-state index in [-0.39, 0.29) is 5.92 Å². The summed E-state index contributed by atoms with van der Waals surface area (Å²) in [6, 6.07) is 1.92.